The van der Waals surface area contributed by atoms with Crippen LogP contribution in [-0.4, -0.2) is 37.9 Å². The molecule has 6 nitrogen and oxygen atoms in total. The first-order valence-electron chi connectivity index (χ1n) is 7.53. The van der Waals surface area contributed by atoms with Crippen LogP contribution in [0.25, 0.3) is 22.2 Å². The molecule has 1 amide bonds. The average Bonchev–Trinajstić information content (AvgIpc) is 3.10. The minimum absolute atomic E-state index is 0.0770. The van der Waals surface area contributed by atoms with Crippen LogP contribution in [-0.2, 0) is 7.05 Å². The molecule has 3 aromatic rings. The summed E-state index contributed by atoms with van der Waals surface area (Å²) in [5.74, 6) is -0.0614. The topological polar surface area (TPSA) is 75.6 Å². The van der Waals surface area contributed by atoms with E-state index in [9.17, 15) is 18.0 Å². The molecule has 2 aromatic heterocycles. The van der Waals surface area contributed by atoms with E-state index in [1.165, 1.54) is 0 Å². The summed E-state index contributed by atoms with van der Waals surface area (Å²) in [6.45, 7) is 2.74. The largest absolute Gasteiger partial charge is 0.408 e. The van der Waals surface area contributed by atoms with Crippen LogP contribution < -0.4 is 5.32 Å². The Morgan fingerprint density at radius 2 is 2.08 bits per heavy atom. The number of benzene rings is 1. The van der Waals surface area contributed by atoms with E-state index < -0.39 is 18.1 Å². The number of carbonyl (C=O) groups excluding carboxylic acids is 1. The Morgan fingerprint density at radius 1 is 1.36 bits per heavy atom. The van der Waals surface area contributed by atoms with Gasteiger partial charge in [0.25, 0.3) is 5.91 Å². The Kier molecular flexibility index (Phi) is 4.02. The third-order valence-corrected chi connectivity index (χ3v) is 4.13. The van der Waals surface area contributed by atoms with Gasteiger partial charge in [-0.1, -0.05) is 6.07 Å². The van der Waals surface area contributed by atoms with Crippen molar-refractivity contribution in [3.05, 3.63) is 35.9 Å². The SMILES string of the molecule is Cc1ncc(-c2ccc3[nH]nc(C(=O)NC(C)C(F)(F)F)c3c2)n1C. The van der Waals surface area contributed by atoms with Crippen molar-refractivity contribution in [1.29, 1.82) is 0 Å². The molecule has 3 rings (SSSR count). The zero-order valence-electron chi connectivity index (χ0n) is 13.8. The normalized spacial score (nSPS) is 13.2. The second-order valence-corrected chi connectivity index (χ2v) is 5.82. The van der Waals surface area contributed by atoms with Crippen molar-refractivity contribution in [1.82, 2.24) is 25.1 Å². The molecular formula is C16H16F3N5O. The molecular weight excluding hydrogens is 335 g/mol. The number of H-pyrrole nitrogens is 1. The number of hydrogen-bond donors (Lipinski definition) is 2. The highest BCUT2D eigenvalue weighted by Gasteiger charge is 2.37. The lowest BCUT2D eigenvalue weighted by Crippen LogP contribution is -2.43. The van der Waals surface area contributed by atoms with Gasteiger partial charge in [-0.2, -0.15) is 18.3 Å². The van der Waals surface area contributed by atoms with E-state index in [4.69, 9.17) is 0 Å². The van der Waals surface area contributed by atoms with Crippen LogP contribution in [0.5, 0.6) is 0 Å². The average molecular weight is 351 g/mol. The van der Waals surface area contributed by atoms with Crippen LogP contribution in [0.2, 0.25) is 0 Å². The summed E-state index contributed by atoms with van der Waals surface area (Å²) in [6, 6.07) is 3.30. The van der Waals surface area contributed by atoms with Crippen molar-refractivity contribution in [3.63, 3.8) is 0 Å². The van der Waals surface area contributed by atoms with Crippen LogP contribution in [0.3, 0.4) is 0 Å². The molecule has 1 unspecified atom stereocenters. The van der Waals surface area contributed by atoms with Gasteiger partial charge >= 0.3 is 6.18 Å². The monoisotopic (exact) mass is 351 g/mol. The molecule has 2 N–H and O–H groups in total. The van der Waals surface area contributed by atoms with Crippen molar-refractivity contribution in [2.75, 3.05) is 0 Å². The lowest BCUT2D eigenvalue weighted by molar-refractivity contribution is -0.149. The molecule has 0 saturated heterocycles. The van der Waals surface area contributed by atoms with Crippen LogP contribution in [0.1, 0.15) is 23.2 Å². The van der Waals surface area contributed by atoms with Gasteiger partial charge in [-0.3, -0.25) is 9.89 Å². The number of carbonyl (C=O) groups is 1. The third kappa shape index (κ3) is 3.09. The van der Waals surface area contributed by atoms with Gasteiger partial charge in [-0.25, -0.2) is 4.98 Å². The van der Waals surface area contributed by atoms with E-state index in [1.807, 2.05) is 29.9 Å². The lowest BCUT2D eigenvalue weighted by Gasteiger charge is -2.16. The number of nitrogens with one attached hydrogen (secondary N) is 2. The van der Waals surface area contributed by atoms with Gasteiger partial charge in [0, 0.05) is 18.0 Å². The first kappa shape index (κ1) is 17.0. The van der Waals surface area contributed by atoms with Crippen LogP contribution >= 0.6 is 0 Å². The van der Waals surface area contributed by atoms with Crippen molar-refractivity contribution >= 4 is 16.8 Å². The molecule has 1 atom stereocenters. The minimum Gasteiger partial charge on any atom is -0.339 e. The van der Waals surface area contributed by atoms with E-state index in [2.05, 4.69) is 15.2 Å². The maximum atomic E-state index is 12.6. The number of aryl methyl sites for hydroxylation is 1. The molecule has 1 aromatic carbocycles. The van der Waals surface area contributed by atoms with Gasteiger partial charge in [0.05, 0.1) is 17.4 Å². The molecule has 0 fully saturated rings. The molecule has 0 aliphatic rings. The van der Waals surface area contributed by atoms with Gasteiger partial charge in [0.1, 0.15) is 11.9 Å². The van der Waals surface area contributed by atoms with Gasteiger partial charge in [0.15, 0.2) is 5.69 Å². The summed E-state index contributed by atoms with van der Waals surface area (Å²) in [7, 11) is 1.86. The second kappa shape index (κ2) is 5.91. The molecule has 2 heterocycles. The summed E-state index contributed by atoms with van der Waals surface area (Å²) in [5.41, 5.74) is 2.10. The summed E-state index contributed by atoms with van der Waals surface area (Å²) in [6.07, 6.45) is -2.82. The lowest BCUT2D eigenvalue weighted by atomic mass is 10.1. The first-order valence-corrected chi connectivity index (χ1v) is 7.53. The van der Waals surface area contributed by atoms with Crippen molar-refractivity contribution in [2.45, 2.75) is 26.1 Å². The summed E-state index contributed by atoms with van der Waals surface area (Å²) < 4.78 is 39.8. The zero-order valence-corrected chi connectivity index (χ0v) is 13.8. The van der Waals surface area contributed by atoms with Crippen molar-refractivity contribution < 1.29 is 18.0 Å². The summed E-state index contributed by atoms with van der Waals surface area (Å²) >= 11 is 0. The molecule has 132 valence electrons. The first-order chi connectivity index (χ1) is 11.7. The summed E-state index contributed by atoms with van der Waals surface area (Å²) in [5, 5.41) is 8.90. The van der Waals surface area contributed by atoms with Crippen molar-refractivity contribution in [2.24, 2.45) is 7.05 Å². The number of nitrogens with zero attached hydrogens (tertiary/aromatic N) is 3. The van der Waals surface area contributed by atoms with E-state index in [1.54, 1.807) is 18.3 Å². The number of halogens is 3. The number of amides is 1. The molecule has 0 radical (unpaired) electrons. The van der Waals surface area contributed by atoms with Crippen LogP contribution in [0.15, 0.2) is 24.4 Å². The highest BCUT2D eigenvalue weighted by atomic mass is 19.4. The van der Waals surface area contributed by atoms with Gasteiger partial charge in [0.2, 0.25) is 0 Å². The third-order valence-electron chi connectivity index (χ3n) is 4.13. The number of hydrogen-bond acceptors (Lipinski definition) is 3. The highest BCUT2D eigenvalue weighted by Crippen LogP contribution is 2.26. The predicted molar refractivity (Wildman–Crippen MR) is 86.0 cm³/mol. The predicted octanol–water partition coefficient (Wildman–Crippen LogP) is 2.95. The molecule has 0 bridgehead atoms. The minimum atomic E-state index is -4.51. The van der Waals surface area contributed by atoms with E-state index in [0.29, 0.717) is 10.9 Å². The van der Waals surface area contributed by atoms with E-state index >= 15 is 0 Å². The number of fused-ring (bicyclic) bond motifs is 1. The van der Waals surface area contributed by atoms with Crippen LogP contribution in [0.4, 0.5) is 13.2 Å². The maximum Gasteiger partial charge on any atom is 0.408 e. The fourth-order valence-electron chi connectivity index (χ4n) is 2.46. The van der Waals surface area contributed by atoms with Gasteiger partial charge in [-0.15, -0.1) is 0 Å². The molecule has 0 spiro atoms. The second-order valence-electron chi connectivity index (χ2n) is 5.82. The molecule has 0 aliphatic carbocycles. The number of aromatic nitrogens is 4. The Morgan fingerprint density at radius 3 is 2.68 bits per heavy atom. The molecule has 9 heteroatoms. The van der Waals surface area contributed by atoms with Gasteiger partial charge < -0.3 is 9.88 Å². The van der Waals surface area contributed by atoms with E-state index in [-0.39, 0.29) is 5.69 Å². The zero-order chi connectivity index (χ0) is 18.4. The quantitative estimate of drug-likeness (QED) is 0.762. The molecule has 0 saturated carbocycles. The Hall–Kier alpha value is -2.84. The Labute approximate surface area is 141 Å². The van der Waals surface area contributed by atoms with Gasteiger partial charge in [-0.05, 0) is 26.0 Å². The summed E-state index contributed by atoms with van der Waals surface area (Å²) in [4.78, 5) is 16.4. The number of aromatic amines is 1. The van der Waals surface area contributed by atoms with Crippen LogP contribution in [0, 0.1) is 6.92 Å². The number of imidazole rings is 1. The molecule has 0 aliphatic heterocycles. The fourth-order valence-corrected chi connectivity index (χ4v) is 2.46. The maximum absolute atomic E-state index is 12.6. The highest BCUT2D eigenvalue weighted by molar-refractivity contribution is 6.05. The molecule has 25 heavy (non-hydrogen) atoms. The Bertz CT molecular complexity index is 941. The number of rotatable bonds is 3. The smallest absolute Gasteiger partial charge is 0.339 e. The number of alkyl halides is 3. The van der Waals surface area contributed by atoms with E-state index in [0.717, 1.165) is 24.0 Å². The van der Waals surface area contributed by atoms with Crippen molar-refractivity contribution in [3.8, 4) is 11.3 Å². The fraction of sp³-hybridized carbons (Fsp3) is 0.312. The standard InChI is InChI=1S/C16H16F3N5O/c1-8(16(17,18)19)21-15(25)14-11-6-10(4-5-12(11)22-23-14)13-7-20-9(2)24(13)3/h4-8H,1-3H3,(H,21,25)(H,22,23). The Balaban J connectivity index is 1.99.